The van der Waals surface area contributed by atoms with E-state index in [1.165, 1.54) is 0 Å². The third kappa shape index (κ3) is 9.30. The first-order valence-electron chi connectivity index (χ1n) is 7.07. The normalized spacial score (nSPS) is 17.4. The minimum atomic E-state index is -0.998. The average molecular weight is 311 g/mol. The van der Waals surface area contributed by atoms with Crippen molar-refractivity contribution in [2.45, 2.75) is 24.3 Å². The van der Waals surface area contributed by atoms with Crippen molar-refractivity contribution in [3.05, 3.63) is 0 Å². The van der Waals surface area contributed by atoms with Gasteiger partial charge in [0.15, 0.2) is 0 Å². The van der Waals surface area contributed by atoms with Crippen LogP contribution in [-0.4, -0.2) is 108 Å². The van der Waals surface area contributed by atoms with E-state index in [-0.39, 0.29) is 13.2 Å². The Balaban J connectivity index is 3.59. The molecule has 0 fully saturated rings. The number of aliphatic hydroxyl groups excluding tert-OH is 6. The third-order valence-electron chi connectivity index (χ3n) is 3.11. The number of rotatable bonds is 14. The second kappa shape index (κ2) is 13.3. The first kappa shape index (κ1) is 20.6. The highest BCUT2D eigenvalue weighted by atomic mass is 16.3. The molecule has 21 heavy (non-hydrogen) atoms. The van der Waals surface area contributed by atoms with E-state index in [1.54, 1.807) is 0 Å². The van der Waals surface area contributed by atoms with Gasteiger partial charge in [-0.2, -0.15) is 0 Å². The van der Waals surface area contributed by atoms with Crippen molar-refractivity contribution in [2.75, 3.05) is 52.6 Å². The number of aliphatic hydroxyl groups is 6. The molecule has 128 valence electrons. The summed E-state index contributed by atoms with van der Waals surface area (Å²) in [6, 6.07) is -1.12. The van der Waals surface area contributed by atoms with Gasteiger partial charge in [0.25, 0.3) is 0 Å². The van der Waals surface area contributed by atoms with Crippen molar-refractivity contribution >= 4 is 0 Å². The van der Waals surface area contributed by atoms with Crippen LogP contribution in [-0.2, 0) is 0 Å². The molecule has 9 N–H and O–H groups in total. The van der Waals surface area contributed by atoms with E-state index in [0.29, 0.717) is 26.2 Å². The van der Waals surface area contributed by atoms with Gasteiger partial charge in [-0.1, -0.05) is 0 Å². The van der Waals surface area contributed by atoms with Gasteiger partial charge in [0.05, 0.1) is 50.7 Å². The minimum Gasteiger partial charge on any atom is -0.395 e. The summed E-state index contributed by atoms with van der Waals surface area (Å²) in [4.78, 5) is 0. The monoisotopic (exact) mass is 311 g/mol. The quantitative estimate of drug-likeness (QED) is 0.144. The molecule has 4 atom stereocenters. The standard InChI is InChI=1S/C12H29N3O6/c16-5-9(11(20)7-18)14-3-1-13-2-4-15-10(6-17)12(21)8-19/h9-21H,1-8H2/t9-,10-,11-,12-/m0/s1. The number of hydrogen-bond acceptors (Lipinski definition) is 9. The van der Waals surface area contributed by atoms with Crippen molar-refractivity contribution in [3.8, 4) is 0 Å². The van der Waals surface area contributed by atoms with Crippen LogP contribution >= 0.6 is 0 Å². The Morgan fingerprint density at radius 2 is 0.952 bits per heavy atom. The van der Waals surface area contributed by atoms with Crippen LogP contribution in [0.4, 0.5) is 0 Å². The maximum absolute atomic E-state index is 9.35. The highest BCUT2D eigenvalue weighted by Gasteiger charge is 2.17. The Bertz CT molecular complexity index is 215. The first-order chi connectivity index (χ1) is 10.1. The third-order valence-corrected chi connectivity index (χ3v) is 3.11. The predicted molar refractivity (Wildman–Crippen MR) is 76.8 cm³/mol. The van der Waals surface area contributed by atoms with Crippen LogP contribution in [0.25, 0.3) is 0 Å². The van der Waals surface area contributed by atoms with Crippen molar-refractivity contribution in [1.82, 2.24) is 16.0 Å². The molecule has 0 rings (SSSR count). The molecule has 0 radical (unpaired) electrons. The SMILES string of the molecule is OC[C@H](NCCNCCN[C@@H](CO)[C@@H](O)CO)[C@@H](O)CO. The van der Waals surface area contributed by atoms with Gasteiger partial charge in [0, 0.05) is 26.2 Å². The molecule has 0 saturated carbocycles. The Morgan fingerprint density at radius 3 is 1.24 bits per heavy atom. The van der Waals surface area contributed by atoms with Crippen molar-refractivity contribution < 1.29 is 30.6 Å². The van der Waals surface area contributed by atoms with Crippen LogP contribution in [0.3, 0.4) is 0 Å². The fourth-order valence-corrected chi connectivity index (χ4v) is 1.72. The molecule has 0 aromatic rings. The summed E-state index contributed by atoms with van der Waals surface area (Å²) in [7, 11) is 0. The van der Waals surface area contributed by atoms with Crippen LogP contribution < -0.4 is 16.0 Å². The van der Waals surface area contributed by atoms with Gasteiger partial charge in [-0.15, -0.1) is 0 Å². The molecule has 0 unspecified atom stereocenters. The molecule has 0 spiro atoms. The summed E-state index contributed by atoms with van der Waals surface area (Å²) in [5.41, 5.74) is 0. The fraction of sp³-hybridized carbons (Fsp3) is 1.00. The molecule has 0 bridgehead atoms. The zero-order valence-electron chi connectivity index (χ0n) is 12.1. The van der Waals surface area contributed by atoms with Crippen LogP contribution in [0.15, 0.2) is 0 Å². The Kier molecular flexibility index (Phi) is 13.1. The highest BCUT2D eigenvalue weighted by molar-refractivity contribution is 4.75. The lowest BCUT2D eigenvalue weighted by Crippen LogP contribution is -2.48. The summed E-state index contributed by atoms with van der Waals surface area (Å²) in [5, 5.41) is 63.1. The molecule has 0 aromatic carbocycles. The van der Waals surface area contributed by atoms with Gasteiger partial charge in [-0.05, 0) is 0 Å². The smallest absolute Gasteiger partial charge is 0.0945 e. The van der Waals surface area contributed by atoms with E-state index in [9.17, 15) is 10.2 Å². The van der Waals surface area contributed by atoms with Crippen molar-refractivity contribution in [2.24, 2.45) is 0 Å². The molecular weight excluding hydrogens is 282 g/mol. The maximum Gasteiger partial charge on any atom is 0.0945 e. The largest absolute Gasteiger partial charge is 0.395 e. The zero-order valence-corrected chi connectivity index (χ0v) is 12.1. The number of nitrogens with one attached hydrogen (secondary N) is 3. The summed E-state index contributed by atoms with van der Waals surface area (Å²) in [5.74, 6) is 0. The van der Waals surface area contributed by atoms with Crippen LogP contribution in [0.5, 0.6) is 0 Å². The molecule has 0 aliphatic heterocycles. The van der Waals surface area contributed by atoms with E-state index in [1.807, 2.05) is 0 Å². The molecule has 0 aromatic heterocycles. The predicted octanol–water partition coefficient (Wildman–Crippen LogP) is -4.82. The minimum absolute atomic E-state index is 0.263. The van der Waals surface area contributed by atoms with Crippen LogP contribution in [0, 0.1) is 0 Å². The Morgan fingerprint density at radius 1 is 0.571 bits per heavy atom. The van der Waals surface area contributed by atoms with Crippen LogP contribution in [0.2, 0.25) is 0 Å². The van der Waals surface area contributed by atoms with Gasteiger partial charge >= 0.3 is 0 Å². The van der Waals surface area contributed by atoms with Crippen molar-refractivity contribution in [3.63, 3.8) is 0 Å². The van der Waals surface area contributed by atoms with E-state index >= 15 is 0 Å². The van der Waals surface area contributed by atoms with Gasteiger partial charge in [-0.25, -0.2) is 0 Å². The topological polar surface area (TPSA) is 157 Å². The molecule has 0 aliphatic rings. The second-order valence-corrected chi connectivity index (χ2v) is 4.74. The lowest BCUT2D eigenvalue weighted by Gasteiger charge is -2.21. The summed E-state index contributed by atoms with van der Waals surface area (Å²) < 4.78 is 0. The summed E-state index contributed by atoms with van der Waals surface area (Å²) >= 11 is 0. The van der Waals surface area contributed by atoms with Crippen molar-refractivity contribution in [1.29, 1.82) is 0 Å². The molecule has 0 saturated heterocycles. The zero-order chi connectivity index (χ0) is 16.1. The number of hydrogen-bond donors (Lipinski definition) is 9. The molecule has 0 aliphatic carbocycles. The van der Waals surface area contributed by atoms with Gasteiger partial charge < -0.3 is 46.6 Å². The van der Waals surface area contributed by atoms with Gasteiger partial charge in [-0.3, -0.25) is 0 Å². The molecule has 0 amide bonds. The molecule has 0 heterocycles. The van der Waals surface area contributed by atoms with E-state index in [4.69, 9.17) is 20.4 Å². The Labute approximate surface area is 124 Å². The van der Waals surface area contributed by atoms with Gasteiger partial charge in [0.1, 0.15) is 0 Å². The second-order valence-electron chi connectivity index (χ2n) is 4.74. The molecule has 9 nitrogen and oxygen atoms in total. The first-order valence-corrected chi connectivity index (χ1v) is 7.07. The maximum atomic E-state index is 9.35. The highest BCUT2D eigenvalue weighted by Crippen LogP contribution is 1.91. The summed E-state index contributed by atoms with van der Waals surface area (Å²) in [6.07, 6.45) is -2.00. The van der Waals surface area contributed by atoms with E-state index < -0.39 is 37.5 Å². The van der Waals surface area contributed by atoms with Gasteiger partial charge in [0.2, 0.25) is 0 Å². The average Bonchev–Trinajstić information content (AvgIpc) is 2.52. The van der Waals surface area contributed by atoms with E-state index in [0.717, 1.165) is 0 Å². The lowest BCUT2D eigenvalue weighted by molar-refractivity contribution is 0.0413. The molecule has 9 heteroatoms. The fourth-order valence-electron chi connectivity index (χ4n) is 1.72. The van der Waals surface area contributed by atoms with Crippen LogP contribution in [0.1, 0.15) is 0 Å². The van der Waals surface area contributed by atoms with E-state index in [2.05, 4.69) is 16.0 Å². The lowest BCUT2D eigenvalue weighted by atomic mass is 10.2. The Hall–Kier alpha value is -0.360. The summed E-state index contributed by atoms with van der Waals surface area (Å²) in [6.45, 7) is 0.832. The molecular formula is C12H29N3O6.